The molecular weight excluding hydrogens is 262 g/mol. The Labute approximate surface area is 113 Å². The van der Waals surface area contributed by atoms with E-state index in [-0.39, 0.29) is 11.6 Å². The van der Waals surface area contributed by atoms with Crippen molar-refractivity contribution in [1.29, 1.82) is 0 Å². The van der Waals surface area contributed by atoms with E-state index in [0.29, 0.717) is 16.7 Å². The molecule has 0 N–H and O–H groups in total. The number of hydrogen-bond acceptors (Lipinski definition) is 5. The summed E-state index contributed by atoms with van der Waals surface area (Å²) in [6.07, 6.45) is 0. The third-order valence-electron chi connectivity index (χ3n) is 3.19. The summed E-state index contributed by atoms with van der Waals surface area (Å²) in [7, 11) is 2.97. The fourth-order valence-electron chi connectivity index (χ4n) is 2.30. The van der Waals surface area contributed by atoms with Crippen LogP contribution in [0.3, 0.4) is 0 Å². The number of methoxy groups -OCH3 is 2. The first-order valence-corrected chi connectivity index (χ1v) is 5.87. The minimum absolute atomic E-state index is 0.140. The topological polar surface area (TPSA) is 74.7 Å². The van der Waals surface area contributed by atoms with Crippen molar-refractivity contribution in [2.45, 2.75) is 0 Å². The smallest absolute Gasteiger partial charge is 0.476 e. The van der Waals surface area contributed by atoms with Crippen LogP contribution >= 0.6 is 0 Å². The Morgan fingerprint density at radius 3 is 2.60 bits per heavy atom. The molecule has 0 spiro atoms. The fourth-order valence-corrected chi connectivity index (χ4v) is 2.30. The van der Waals surface area contributed by atoms with Gasteiger partial charge in [0.2, 0.25) is 5.75 Å². The summed E-state index contributed by atoms with van der Waals surface area (Å²) < 4.78 is 15.6. The number of fused-ring (bicyclic) bond motifs is 3. The molecule has 3 rings (SSSR count). The van der Waals surface area contributed by atoms with Gasteiger partial charge in [-0.15, -0.1) is 0 Å². The van der Waals surface area contributed by atoms with E-state index in [0.717, 1.165) is 10.8 Å². The standard InChI is InChI=1S/C14H11NO5/c1-18-9-4-5-10-8(7-9)3-6-11-12(10)13(19-2)14(20-11)15(16)17/h3-7H,1-2H3. The third kappa shape index (κ3) is 1.65. The molecule has 2 aromatic carbocycles. The molecular formula is C14H11NO5. The first kappa shape index (κ1) is 12.3. The van der Waals surface area contributed by atoms with Crippen molar-refractivity contribution in [2.75, 3.05) is 14.2 Å². The molecule has 0 unspecified atom stereocenters. The molecule has 20 heavy (non-hydrogen) atoms. The minimum atomic E-state index is -0.589. The van der Waals surface area contributed by atoms with E-state index in [9.17, 15) is 10.1 Å². The number of furan rings is 1. The summed E-state index contributed by atoms with van der Waals surface area (Å²) in [4.78, 5) is 10.4. The first-order chi connectivity index (χ1) is 9.65. The molecule has 1 heterocycles. The Morgan fingerprint density at radius 1 is 1.15 bits per heavy atom. The minimum Gasteiger partial charge on any atom is -0.497 e. The Kier molecular flexibility index (Phi) is 2.71. The van der Waals surface area contributed by atoms with Gasteiger partial charge in [-0.1, -0.05) is 6.07 Å². The molecule has 1 aromatic heterocycles. The number of benzene rings is 2. The molecule has 0 aliphatic rings. The van der Waals surface area contributed by atoms with Gasteiger partial charge in [0.25, 0.3) is 0 Å². The Hall–Kier alpha value is -2.76. The maximum Gasteiger partial charge on any atom is 0.476 e. The van der Waals surface area contributed by atoms with Crippen LogP contribution in [0.5, 0.6) is 11.5 Å². The van der Waals surface area contributed by atoms with E-state index >= 15 is 0 Å². The van der Waals surface area contributed by atoms with E-state index in [2.05, 4.69) is 0 Å². The summed E-state index contributed by atoms with van der Waals surface area (Å²) >= 11 is 0. The van der Waals surface area contributed by atoms with Crippen LogP contribution in [0.2, 0.25) is 0 Å². The van der Waals surface area contributed by atoms with Crippen molar-refractivity contribution in [3.05, 3.63) is 40.4 Å². The molecule has 0 fully saturated rings. The maximum absolute atomic E-state index is 11.0. The van der Waals surface area contributed by atoms with E-state index < -0.39 is 4.92 Å². The van der Waals surface area contributed by atoms with Crippen molar-refractivity contribution in [3.63, 3.8) is 0 Å². The average Bonchev–Trinajstić information content (AvgIpc) is 2.85. The van der Waals surface area contributed by atoms with Crippen molar-refractivity contribution in [2.24, 2.45) is 0 Å². The zero-order valence-corrected chi connectivity index (χ0v) is 10.9. The summed E-state index contributed by atoms with van der Waals surface area (Å²) in [5.41, 5.74) is 0.422. The average molecular weight is 273 g/mol. The van der Waals surface area contributed by atoms with Gasteiger partial charge in [-0.25, -0.2) is 0 Å². The third-order valence-corrected chi connectivity index (χ3v) is 3.19. The lowest BCUT2D eigenvalue weighted by molar-refractivity contribution is -0.402. The highest BCUT2D eigenvalue weighted by Gasteiger charge is 2.26. The second kappa shape index (κ2) is 4.41. The van der Waals surface area contributed by atoms with Crippen LogP contribution in [0.15, 0.2) is 34.7 Å². The summed E-state index contributed by atoms with van der Waals surface area (Å²) in [5, 5.41) is 13.3. The van der Waals surface area contributed by atoms with Crippen LogP contribution in [0.4, 0.5) is 5.88 Å². The summed E-state index contributed by atoms with van der Waals surface area (Å²) in [6, 6.07) is 8.99. The van der Waals surface area contributed by atoms with Crippen LogP contribution in [0.1, 0.15) is 0 Å². The summed E-state index contributed by atoms with van der Waals surface area (Å²) in [5.74, 6) is 0.473. The molecule has 0 saturated heterocycles. The number of nitro groups is 1. The quantitative estimate of drug-likeness (QED) is 0.539. The largest absolute Gasteiger partial charge is 0.497 e. The molecule has 0 bridgehead atoms. The van der Waals surface area contributed by atoms with E-state index in [4.69, 9.17) is 13.9 Å². The van der Waals surface area contributed by atoms with Crippen LogP contribution in [0.25, 0.3) is 21.7 Å². The fraction of sp³-hybridized carbons (Fsp3) is 0.143. The molecule has 6 heteroatoms. The predicted octanol–water partition coefficient (Wildman–Crippen LogP) is 3.51. The van der Waals surface area contributed by atoms with Gasteiger partial charge in [0.1, 0.15) is 16.3 Å². The van der Waals surface area contributed by atoms with Crippen molar-refractivity contribution in [3.8, 4) is 11.5 Å². The lowest BCUT2D eigenvalue weighted by atomic mass is 10.1. The Balaban J connectivity index is 2.43. The highest BCUT2D eigenvalue weighted by Crippen LogP contribution is 2.42. The maximum atomic E-state index is 11.0. The highest BCUT2D eigenvalue weighted by atomic mass is 16.7. The van der Waals surface area contributed by atoms with Gasteiger partial charge in [0.05, 0.1) is 19.6 Å². The second-order valence-corrected chi connectivity index (χ2v) is 4.22. The van der Waals surface area contributed by atoms with Gasteiger partial charge in [-0.2, -0.15) is 0 Å². The molecule has 0 amide bonds. The first-order valence-electron chi connectivity index (χ1n) is 5.87. The number of nitrogens with zero attached hydrogens (tertiary/aromatic N) is 1. The van der Waals surface area contributed by atoms with Gasteiger partial charge in [-0.3, -0.25) is 10.1 Å². The van der Waals surface area contributed by atoms with Gasteiger partial charge < -0.3 is 13.9 Å². The second-order valence-electron chi connectivity index (χ2n) is 4.22. The van der Waals surface area contributed by atoms with E-state index in [1.54, 1.807) is 19.2 Å². The SMILES string of the molecule is COc1ccc2c(ccc3oc([N+](=O)[O-])c(OC)c32)c1. The van der Waals surface area contributed by atoms with Gasteiger partial charge in [0, 0.05) is 0 Å². The van der Waals surface area contributed by atoms with Crippen molar-refractivity contribution in [1.82, 2.24) is 0 Å². The lowest BCUT2D eigenvalue weighted by Crippen LogP contribution is -1.90. The van der Waals surface area contributed by atoms with Crippen LogP contribution in [-0.4, -0.2) is 19.1 Å². The van der Waals surface area contributed by atoms with Crippen molar-refractivity contribution >= 4 is 27.6 Å². The monoisotopic (exact) mass is 273 g/mol. The van der Waals surface area contributed by atoms with E-state index in [1.165, 1.54) is 7.11 Å². The zero-order chi connectivity index (χ0) is 14.3. The van der Waals surface area contributed by atoms with E-state index in [1.807, 2.05) is 18.2 Å². The van der Waals surface area contributed by atoms with Crippen molar-refractivity contribution < 1.29 is 18.8 Å². The number of rotatable bonds is 3. The highest BCUT2D eigenvalue weighted by molar-refractivity contribution is 6.10. The predicted molar refractivity (Wildman–Crippen MR) is 73.5 cm³/mol. The molecule has 0 atom stereocenters. The van der Waals surface area contributed by atoms with Crippen LogP contribution in [-0.2, 0) is 0 Å². The van der Waals surface area contributed by atoms with Gasteiger partial charge >= 0.3 is 5.88 Å². The number of ether oxygens (including phenoxy) is 2. The molecule has 3 aromatic rings. The number of hydrogen-bond donors (Lipinski definition) is 0. The Morgan fingerprint density at radius 2 is 1.95 bits per heavy atom. The lowest BCUT2D eigenvalue weighted by Gasteiger charge is -2.03. The Bertz CT molecular complexity index is 821. The molecule has 0 radical (unpaired) electrons. The molecule has 6 nitrogen and oxygen atoms in total. The van der Waals surface area contributed by atoms with Gasteiger partial charge in [0.15, 0.2) is 0 Å². The van der Waals surface area contributed by atoms with Gasteiger partial charge in [-0.05, 0) is 35.0 Å². The molecule has 0 aliphatic carbocycles. The molecule has 102 valence electrons. The molecule has 0 aliphatic heterocycles. The van der Waals surface area contributed by atoms with Crippen LogP contribution < -0.4 is 9.47 Å². The summed E-state index contributed by atoms with van der Waals surface area (Å²) in [6.45, 7) is 0. The molecule has 0 saturated carbocycles. The van der Waals surface area contributed by atoms with Crippen LogP contribution in [0, 0.1) is 10.1 Å². The zero-order valence-electron chi connectivity index (χ0n) is 10.9. The normalized spacial score (nSPS) is 10.9.